The summed E-state index contributed by atoms with van der Waals surface area (Å²) in [7, 11) is 0. The highest BCUT2D eigenvalue weighted by Crippen LogP contribution is 2.33. The predicted molar refractivity (Wildman–Crippen MR) is 89.2 cm³/mol. The van der Waals surface area contributed by atoms with Crippen molar-refractivity contribution in [2.75, 3.05) is 11.4 Å². The van der Waals surface area contributed by atoms with Crippen molar-refractivity contribution >= 4 is 11.6 Å². The van der Waals surface area contributed by atoms with Gasteiger partial charge in [0, 0.05) is 18.4 Å². The average molecular weight is 319 g/mol. The molecule has 0 saturated carbocycles. The molecule has 0 spiro atoms. The second-order valence-corrected chi connectivity index (χ2v) is 5.66. The monoisotopic (exact) mass is 319 g/mol. The minimum Gasteiger partial charge on any atom is -0.306 e. The van der Waals surface area contributed by atoms with Crippen LogP contribution in [-0.4, -0.2) is 22.4 Å². The first kappa shape index (κ1) is 14.5. The Bertz CT molecular complexity index is 911. The number of nitrogens with zero attached hydrogens (tertiary/aromatic N) is 3. The molecule has 2 heterocycles. The SMILES string of the molecule is O=C(c1ccncn1)N1CCc2cc(-c3cccc(F)c3)ccc21. The highest BCUT2D eigenvalue weighted by atomic mass is 19.1. The maximum Gasteiger partial charge on any atom is 0.277 e. The van der Waals surface area contributed by atoms with Gasteiger partial charge in [-0.2, -0.15) is 0 Å². The fourth-order valence-electron chi connectivity index (χ4n) is 3.02. The van der Waals surface area contributed by atoms with E-state index in [-0.39, 0.29) is 11.7 Å². The van der Waals surface area contributed by atoms with E-state index in [2.05, 4.69) is 9.97 Å². The van der Waals surface area contributed by atoms with Crippen molar-refractivity contribution in [3.05, 3.63) is 78.1 Å². The second kappa shape index (κ2) is 5.85. The lowest BCUT2D eigenvalue weighted by Gasteiger charge is -2.17. The number of hydrogen-bond donors (Lipinski definition) is 0. The molecule has 0 N–H and O–H groups in total. The van der Waals surface area contributed by atoms with Crippen LogP contribution < -0.4 is 4.90 Å². The minimum atomic E-state index is -0.256. The Morgan fingerprint density at radius 1 is 1.08 bits per heavy atom. The topological polar surface area (TPSA) is 46.1 Å². The summed E-state index contributed by atoms with van der Waals surface area (Å²) in [5.41, 5.74) is 4.13. The summed E-state index contributed by atoms with van der Waals surface area (Å²) in [6.07, 6.45) is 3.71. The molecule has 1 aromatic heterocycles. The first-order valence-corrected chi connectivity index (χ1v) is 7.69. The smallest absolute Gasteiger partial charge is 0.277 e. The summed E-state index contributed by atoms with van der Waals surface area (Å²) in [6, 6.07) is 14.0. The molecule has 3 aromatic rings. The third-order valence-electron chi connectivity index (χ3n) is 4.18. The predicted octanol–water partition coefficient (Wildman–Crippen LogP) is 3.49. The van der Waals surface area contributed by atoms with E-state index in [0.717, 1.165) is 28.8 Å². The molecule has 0 unspecified atom stereocenters. The Hall–Kier alpha value is -3.08. The molecule has 0 aliphatic carbocycles. The number of aromatic nitrogens is 2. The lowest BCUT2D eigenvalue weighted by atomic mass is 10.0. The van der Waals surface area contributed by atoms with Gasteiger partial charge in [-0.25, -0.2) is 14.4 Å². The van der Waals surface area contributed by atoms with Crippen LogP contribution in [0.1, 0.15) is 16.1 Å². The number of hydrogen-bond acceptors (Lipinski definition) is 3. The van der Waals surface area contributed by atoms with Gasteiger partial charge < -0.3 is 4.90 Å². The summed E-state index contributed by atoms with van der Waals surface area (Å²) >= 11 is 0. The zero-order valence-electron chi connectivity index (χ0n) is 12.8. The quantitative estimate of drug-likeness (QED) is 0.726. The lowest BCUT2D eigenvalue weighted by Crippen LogP contribution is -2.29. The summed E-state index contributed by atoms with van der Waals surface area (Å²) in [6.45, 7) is 0.616. The third kappa shape index (κ3) is 2.54. The van der Waals surface area contributed by atoms with E-state index >= 15 is 0 Å². The Morgan fingerprint density at radius 3 is 2.75 bits per heavy atom. The first-order chi connectivity index (χ1) is 11.7. The Kier molecular flexibility index (Phi) is 3.54. The van der Waals surface area contributed by atoms with Crippen LogP contribution >= 0.6 is 0 Å². The molecule has 118 valence electrons. The lowest BCUT2D eigenvalue weighted by molar-refractivity contribution is 0.0984. The Balaban J connectivity index is 1.67. The molecule has 1 aliphatic rings. The van der Waals surface area contributed by atoms with Crippen LogP contribution in [0.25, 0.3) is 11.1 Å². The summed E-state index contributed by atoms with van der Waals surface area (Å²) in [4.78, 5) is 22.2. The molecule has 2 aromatic carbocycles. The van der Waals surface area contributed by atoms with Crippen molar-refractivity contribution in [2.45, 2.75) is 6.42 Å². The summed E-state index contributed by atoms with van der Waals surface area (Å²) in [5, 5.41) is 0. The third-order valence-corrected chi connectivity index (χ3v) is 4.18. The van der Waals surface area contributed by atoms with Crippen LogP contribution in [0.15, 0.2) is 61.1 Å². The first-order valence-electron chi connectivity index (χ1n) is 7.69. The van der Waals surface area contributed by atoms with E-state index in [1.54, 1.807) is 23.2 Å². The van der Waals surface area contributed by atoms with Crippen molar-refractivity contribution in [3.8, 4) is 11.1 Å². The number of benzene rings is 2. The van der Waals surface area contributed by atoms with Crippen LogP contribution in [0.4, 0.5) is 10.1 Å². The maximum absolute atomic E-state index is 13.4. The van der Waals surface area contributed by atoms with Crippen molar-refractivity contribution < 1.29 is 9.18 Å². The number of carbonyl (C=O) groups excluding carboxylic acids is 1. The molecule has 1 aliphatic heterocycles. The molecule has 0 bridgehead atoms. The van der Waals surface area contributed by atoms with Gasteiger partial charge in [-0.15, -0.1) is 0 Å². The van der Waals surface area contributed by atoms with E-state index in [4.69, 9.17) is 0 Å². The molecule has 4 nitrogen and oxygen atoms in total. The Labute approximate surface area is 138 Å². The van der Waals surface area contributed by atoms with Gasteiger partial charge in [0.2, 0.25) is 0 Å². The maximum atomic E-state index is 13.4. The fourth-order valence-corrected chi connectivity index (χ4v) is 3.02. The van der Waals surface area contributed by atoms with Crippen LogP contribution in [0.5, 0.6) is 0 Å². The van der Waals surface area contributed by atoms with Gasteiger partial charge in [0.15, 0.2) is 0 Å². The van der Waals surface area contributed by atoms with Gasteiger partial charge in [0.05, 0.1) is 0 Å². The molecule has 0 atom stereocenters. The van der Waals surface area contributed by atoms with Crippen molar-refractivity contribution in [1.29, 1.82) is 0 Å². The van der Waals surface area contributed by atoms with E-state index in [0.29, 0.717) is 12.2 Å². The van der Waals surface area contributed by atoms with Gasteiger partial charge in [-0.05, 0) is 53.4 Å². The molecule has 0 fully saturated rings. The summed E-state index contributed by atoms with van der Waals surface area (Å²) < 4.78 is 13.4. The van der Waals surface area contributed by atoms with E-state index in [9.17, 15) is 9.18 Å². The standard InChI is InChI=1S/C19H14FN3O/c20-16-3-1-2-13(11-16)14-4-5-18-15(10-14)7-9-23(18)19(24)17-6-8-21-12-22-17/h1-6,8,10-12H,7,9H2. The zero-order valence-corrected chi connectivity index (χ0v) is 12.8. The van der Waals surface area contributed by atoms with Gasteiger partial charge in [-0.3, -0.25) is 4.79 Å². The van der Waals surface area contributed by atoms with E-state index < -0.39 is 0 Å². The van der Waals surface area contributed by atoms with Crippen LogP contribution in [-0.2, 0) is 6.42 Å². The number of anilines is 1. The highest BCUT2D eigenvalue weighted by molar-refractivity contribution is 6.06. The number of carbonyl (C=O) groups is 1. The summed E-state index contributed by atoms with van der Waals surface area (Å²) in [5.74, 6) is -0.386. The van der Waals surface area contributed by atoms with Gasteiger partial charge in [0.1, 0.15) is 17.8 Å². The molecular formula is C19H14FN3O. The van der Waals surface area contributed by atoms with Crippen molar-refractivity contribution in [1.82, 2.24) is 9.97 Å². The normalized spacial score (nSPS) is 13.0. The number of amides is 1. The largest absolute Gasteiger partial charge is 0.306 e. The second-order valence-electron chi connectivity index (χ2n) is 5.66. The number of halogens is 1. The highest BCUT2D eigenvalue weighted by Gasteiger charge is 2.26. The number of rotatable bonds is 2. The van der Waals surface area contributed by atoms with E-state index in [1.807, 2.05) is 24.3 Å². The van der Waals surface area contributed by atoms with Gasteiger partial charge in [-0.1, -0.05) is 18.2 Å². The zero-order chi connectivity index (χ0) is 16.5. The van der Waals surface area contributed by atoms with Gasteiger partial charge in [0.25, 0.3) is 5.91 Å². The molecular weight excluding hydrogens is 305 g/mol. The molecule has 5 heteroatoms. The fraction of sp³-hybridized carbons (Fsp3) is 0.105. The van der Waals surface area contributed by atoms with Crippen LogP contribution in [0, 0.1) is 5.82 Å². The van der Waals surface area contributed by atoms with E-state index in [1.165, 1.54) is 18.5 Å². The average Bonchev–Trinajstić information content (AvgIpc) is 3.05. The van der Waals surface area contributed by atoms with Crippen LogP contribution in [0.3, 0.4) is 0 Å². The van der Waals surface area contributed by atoms with Gasteiger partial charge >= 0.3 is 0 Å². The molecule has 24 heavy (non-hydrogen) atoms. The van der Waals surface area contributed by atoms with Crippen molar-refractivity contribution in [2.24, 2.45) is 0 Å². The minimum absolute atomic E-state index is 0.130. The van der Waals surface area contributed by atoms with Crippen molar-refractivity contribution in [3.63, 3.8) is 0 Å². The van der Waals surface area contributed by atoms with Crippen LogP contribution in [0.2, 0.25) is 0 Å². The molecule has 0 radical (unpaired) electrons. The molecule has 1 amide bonds. The molecule has 4 rings (SSSR count). The number of fused-ring (bicyclic) bond motifs is 1. The molecule has 0 saturated heterocycles. The Morgan fingerprint density at radius 2 is 1.96 bits per heavy atom.